The Labute approximate surface area is 128 Å². The van der Waals surface area contributed by atoms with Gasteiger partial charge in [-0.25, -0.2) is 0 Å². The Kier molecular flexibility index (Phi) is 11.4. The second-order valence-electron chi connectivity index (χ2n) is 6.94. The first kappa shape index (κ1) is 18.0. The van der Waals surface area contributed by atoms with Gasteiger partial charge >= 0.3 is 0 Å². The van der Waals surface area contributed by atoms with E-state index in [0.717, 1.165) is 12.0 Å². The predicted molar refractivity (Wildman–Crippen MR) is 91.3 cm³/mol. The Hall–Kier alpha value is -0.0400. The molecule has 0 saturated heterocycles. The molecule has 1 saturated carbocycles. The third kappa shape index (κ3) is 9.00. The fourth-order valence-corrected chi connectivity index (χ4v) is 3.63. The SMILES string of the molecule is CCCCCCCCCCNC1CCC(CCC)CC1. The highest BCUT2D eigenvalue weighted by Gasteiger charge is 2.19. The van der Waals surface area contributed by atoms with Crippen LogP contribution in [0.15, 0.2) is 0 Å². The van der Waals surface area contributed by atoms with Gasteiger partial charge in [0.05, 0.1) is 0 Å². The minimum absolute atomic E-state index is 0.840. The first-order chi connectivity index (χ1) is 9.86. The van der Waals surface area contributed by atoms with Gasteiger partial charge < -0.3 is 5.32 Å². The van der Waals surface area contributed by atoms with Crippen LogP contribution in [0.3, 0.4) is 0 Å². The molecule has 0 radical (unpaired) electrons. The Bertz CT molecular complexity index is 194. The molecule has 1 N–H and O–H groups in total. The van der Waals surface area contributed by atoms with Crippen LogP contribution in [0.4, 0.5) is 0 Å². The number of hydrogen-bond acceptors (Lipinski definition) is 1. The third-order valence-corrected chi connectivity index (χ3v) is 5.01. The van der Waals surface area contributed by atoms with Gasteiger partial charge in [0.1, 0.15) is 0 Å². The summed E-state index contributed by atoms with van der Waals surface area (Å²) >= 11 is 0. The predicted octanol–water partition coefficient (Wildman–Crippen LogP) is 6.08. The van der Waals surface area contributed by atoms with Crippen LogP contribution in [0.5, 0.6) is 0 Å². The van der Waals surface area contributed by atoms with Crippen LogP contribution in [0.25, 0.3) is 0 Å². The van der Waals surface area contributed by atoms with E-state index in [4.69, 9.17) is 0 Å². The number of rotatable bonds is 12. The van der Waals surface area contributed by atoms with Crippen molar-refractivity contribution in [1.82, 2.24) is 5.32 Å². The third-order valence-electron chi connectivity index (χ3n) is 5.01. The van der Waals surface area contributed by atoms with Crippen LogP contribution in [0.2, 0.25) is 0 Å². The van der Waals surface area contributed by atoms with Gasteiger partial charge in [-0.1, -0.05) is 71.6 Å². The summed E-state index contributed by atoms with van der Waals surface area (Å²) in [6, 6.07) is 0.840. The second-order valence-corrected chi connectivity index (χ2v) is 6.94. The van der Waals surface area contributed by atoms with E-state index in [2.05, 4.69) is 19.2 Å². The molecule has 1 fully saturated rings. The van der Waals surface area contributed by atoms with Gasteiger partial charge in [0.25, 0.3) is 0 Å². The molecule has 0 bridgehead atoms. The number of hydrogen-bond donors (Lipinski definition) is 1. The van der Waals surface area contributed by atoms with Gasteiger partial charge in [-0.05, 0) is 44.6 Å². The van der Waals surface area contributed by atoms with Crippen LogP contribution in [-0.2, 0) is 0 Å². The van der Waals surface area contributed by atoms with E-state index in [1.54, 1.807) is 0 Å². The van der Waals surface area contributed by atoms with Gasteiger partial charge in [0.15, 0.2) is 0 Å². The van der Waals surface area contributed by atoms with Crippen molar-refractivity contribution in [3.05, 3.63) is 0 Å². The van der Waals surface area contributed by atoms with E-state index in [0.29, 0.717) is 0 Å². The smallest absolute Gasteiger partial charge is 0.00672 e. The minimum Gasteiger partial charge on any atom is -0.314 e. The summed E-state index contributed by atoms with van der Waals surface area (Å²) in [5.41, 5.74) is 0. The average molecular weight is 282 g/mol. The summed E-state index contributed by atoms with van der Waals surface area (Å²) < 4.78 is 0. The zero-order valence-electron chi connectivity index (χ0n) is 14.3. The van der Waals surface area contributed by atoms with Crippen LogP contribution in [-0.4, -0.2) is 12.6 Å². The molecule has 0 heterocycles. The van der Waals surface area contributed by atoms with Crippen molar-refractivity contribution in [1.29, 1.82) is 0 Å². The maximum atomic E-state index is 3.80. The molecule has 1 heteroatoms. The fraction of sp³-hybridized carbons (Fsp3) is 1.00. The first-order valence-electron chi connectivity index (χ1n) is 9.60. The molecule has 0 amide bonds. The van der Waals surface area contributed by atoms with Crippen LogP contribution >= 0.6 is 0 Å². The lowest BCUT2D eigenvalue weighted by Crippen LogP contribution is -2.33. The summed E-state index contributed by atoms with van der Waals surface area (Å²) in [5, 5.41) is 3.80. The summed E-state index contributed by atoms with van der Waals surface area (Å²) in [6.45, 7) is 5.88. The summed E-state index contributed by atoms with van der Waals surface area (Å²) in [7, 11) is 0. The van der Waals surface area contributed by atoms with E-state index >= 15 is 0 Å². The maximum Gasteiger partial charge on any atom is 0.00672 e. The van der Waals surface area contributed by atoms with Gasteiger partial charge in [-0.2, -0.15) is 0 Å². The molecule has 1 rings (SSSR count). The Balaban J connectivity index is 1.83. The highest BCUT2D eigenvalue weighted by atomic mass is 14.9. The molecule has 0 unspecified atom stereocenters. The largest absolute Gasteiger partial charge is 0.314 e. The van der Waals surface area contributed by atoms with Crippen molar-refractivity contribution >= 4 is 0 Å². The molecule has 1 aliphatic carbocycles. The Morgan fingerprint density at radius 2 is 1.30 bits per heavy atom. The molecule has 0 spiro atoms. The summed E-state index contributed by atoms with van der Waals surface area (Å²) in [5.74, 6) is 1.04. The molecular weight excluding hydrogens is 242 g/mol. The van der Waals surface area contributed by atoms with Crippen molar-refractivity contribution in [3.8, 4) is 0 Å². The fourth-order valence-electron chi connectivity index (χ4n) is 3.63. The zero-order valence-corrected chi connectivity index (χ0v) is 14.3. The van der Waals surface area contributed by atoms with E-state index in [9.17, 15) is 0 Å². The molecule has 0 aromatic rings. The number of unbranched alkanes of at least 4 members (excludes halogenated alkanes) is 7. The van der Waals surface area contributed by atoms with E-state index in [1.807, 2.05) is 0 Å². The molecule has 1 aliphatic rings. The molecule has 20 heavy (non-hydrogen) atoms. The highest BCUT2D eigenvalue weighted by molar-refractivity contribution is 4.76. The lowest BCUT2D eigenvalue weighted by molar-refractivity contribution is 0.278. The topological polar surface area (TPSA) is 12.0 Å². The monoisotopic (exact) mass is 281 g/mol. The van der Waals surface area contributed by atoms with Crippen molar-refractivity contribution in [2.75, 3.05) is 6.54 Å². The molecule has 0 aromatic heterocycles. The standard InChI is InChI=1S/C19H39N/c1-3-5-6-7-8-9-10-11-17-20-19-15-13-18(12-4-2)14-16-19/h18-20H,3-17H2,1-2H3. The minimum atomic E-state index is 0.840. The maximum absolute atomic E-state index is 3.80. The van der Waals surface area contributed by atoms with Crippen molar-refractivity contribution in [2.24, 2.45) is 5.92 Å². The van der Waals surface area contributed by atoms with Gasteiger partial charge in [-0.3, -0.25) is 0 Å². The van der Waals surface area contributed by atoms with Crippen LogP contribution in [0, 0.1) is 5.92 Å². The van der Waals surface area contributed by atoms with Gasteiger partial charge in [0, 0.05) is 6.04 Å². The highest BCUT2D eigenvalue weighted by Crippen LogP contribution is 2.27. The molecule has 1 nitrogen and oxygen atoms in total. The van der Waals surface area contributed by atoms with Crippen molar-refractivity contribution in [3.63, 3.8) is 0 Å². The lowest BCUT2D eigenvalue weighted by Gasteiger charge is -2.29. The lowest BCUT2D eigenvalue weighted by atomic mass is 9.83. The van der Waals surface area contributed by atoms with Crippen molar-refractivity contribution in [2.45, 2.75) is 110 Å². The second kappa shape index (κ2) is 12.7. The Morgan fingerprint density at radius 3 is 1.90 bits per heavy atom. The van der Waals surface area contributed by atoms with Crippen molar-refractivity contribution < 1.29 is 0 Å². The summed E-state index contributed by atoms with van der Waals surface area (Å²) in [4.78, 5) is 0. The van der Waals surface area contributed by atoms with Crippen LogP contribution < -0.4 is 5.32 Å². The molecule has 120 valence electrons. The van der Waals surface area contributed by atoms with Gasteiger partial charge in [0.2, 0.25) is 0 Å². The first-order valence-corrected chi connectivity index (χ1v) is 9.60. The molecular formula is C19H39N. The Morgan fingerprint density at radius 1 is 0.700 bits per heavy atom. The number of nitrogens with one attached hydrogen (secondary N) is 1. The molecule has 0 aliphatic heterocycles. The van der Waals surface area contributed by atoms with Gasteiger partial charge in [-0.15, -0.1) is 0 Å². The van der Waals surface area contributed by atoms with E-state index in [-0.39, 0.29) is 0 Å². The van der Waals surface area contributed by atoms with E-state index in [1.165, 1.54) is 96.4 Å². The van der Waals surface area contributed by atoms with E-state index < -0.39 is 0 Å². The average Bonchev–Trinajstić information content (AvgIpc) is 2.47. The quantitative estimate of drug-likeness (QED) is 0.428. The summed E-state index contributed by atoms with van der Waals surface area (Å²) in [6.07, 6.45) is 20.1. The normalized spacial score (nSPS) is 23.1. The van der Waals surface area contributed by atoms with Crippen LogP contribution in [0.1, 0.15) is 104 Å². The zero-order chi connectivity index (χ0) is 14.5. The molecule has 0 aromatic carbocycles. The molecule has 0 atom stereocenters.